The quantitative estimate of drug-likeness (QED) is 0.825. The number of nitrogens with zero attached hydrogens (tertiary/aromatic N) is 2. The van der Waals surface area contributed by atoms with Crippen molar-refractivity contribution >= 4 is 17.6 Å². The number of aliphatic carboxylic acids is 1. The fraction of sp³-hybridized carbons (Fsp3) is 0.357. The first-order valence-corrected chi connectivity index (χ1v) is 6.45. The maximum atomic E-state index is 12.0. The van der Waals surface area contributed by atoms with Crippen LogP contribution in [0.25, 0.3) is 0 Å². The Morgan fingerprint density at radius 1 is 1.48 bits per heavy atom. The molecule has 7 heteroatoms. The van der Waals surface area contributed by atoms with Gasteiger partial charge in [0.1, 0.15) is 12.1 Å². The molecule has 0 bridgehead atoms. The lowest BCUT2D eigenvalue weighted by molar-refractivity contribution is -0.150. The molecule has 1 heterocycles. The number of carboxylic acids is 1. The van der Waals surface area contributed by atoms with Crippen molar-refractivity contribution in [2.24, 2.45) is 0 Å². The highest BCUT2D eigenvalue weighted by Crippen LogP contribution is 2.14. The number of benzene rings is 1. The van der Waals surface area contributed by atoms with Gasteiger partial charge in [0.25, 0.3) is 0 Å². The molecule has 110 valence electrons. The average Bonchev–Trinajstić information content (AvgIpc) is 2.48. The van der Waals surface area contributed by atoms with Crippen molar-refractivity contribution in [3.63, 3.8) is 0 Å². The van der Waals surface area contributed by atoms with E-state index in [1.54, 1.807) is 29.2 Å². The van der Waals surface area contributed by atoms with Gasteiger partial charge in [0.05, 0.1) is 31.0 Å². The number of carbonyl (C=O) groups is 2. The second kappa shape index (κ2) is 6.83. The van der Waals surface area contributed by atoms with Gasteiger partial charge in [-0.25, -0.2) is 0 Å². The maximum absolute atomic E-state index is 12.0. The Hall–Kier alpha value is -2.43. The van der Waals surface area contributed by atoms with Crippen LogP contribution in [0.2, 0.25) is 0 Å². The molecule has 0 saturated carbocycles. The summed E-state index contributed by atoms with van der Waals surface area (Å²) in [4.78, 5) is 24.7. The van der Waals surface area contributed by atoms with Gasteiger partial charge in [-0.15, -0.1) is 0 Å². The summed E-state index contributed by atoms with van der Waals surface area (Å²) in [5.41, 5.74) is 0.785. The number of carbonyl (C=O) groups excluding carboxylic acids is 1. The molecule has 1 aromatic carbocycles. The number of hydrogen-bond donors (Lipinski definition) is 2. The zero-order chi connectivity index (χ0) is 15.2. The molecule has 21 heavy (non-hydrogen) atoms. The molecule has 1 aliphatic heterocycles. The number of rotatable bonds is 4. The monoisotopic (exact) mass is 289 g/mol. The van der Waals surface area contributed by atoms with Crippen molar-refractivity contribution in [1.29, 1.82) is 5.26 Å². The van der Waals surface area contributed by atoms with Gasteiger partial charge in [0, 0.05) is 6.54 Å². The summed E-state index contributed by atoms with van der Waals surface area (Å²) in [6.07, 6.45) is 0. The van der Waals surface area contributed by atoms with E-state index in [1.807, 2.05) is 6.07 Å². The molecule has 1 saturated heterocycles. The first-order valence-electron chi connectivity index (χ1n) is 6.45. The van der Waals surface area contributed by atoms with Crippen LogP contribution in [0.1, 0.15) is 5.56 Å². The minimum atomic E-state index is -1.01. The Morgan fingerprint density at radius 3 is 2.95 bits per heavy atom. The van der Waals surface area contributed by atoms with Crippen molar-refractivity contribution < 1.29 is 19.4 Å². The minimum absolute atomic E-state index is 0.0555. The van der Waals surface area contributed by atoms with Gasteiger partial charge in [-0.3, -0.25) is 14.5 Å². The summed E-state index contributed by atoms with van der Waals surface area (Å²) in [5.74, 6) is -1.37. The van der Waals surface area contributed by atoms with E-state index in [4.69, 9.17) is 15.1 Å². The van der Waals surface area contributed by atoms with Gasteiger partial charge in [-0.1, -0.05) is 12.1 Å². The summed E-state index contributed by atoms with van der Waals surface area (Å²) < 4.78 is 5.11. The van der Waals surface area contributed by atoms with E-state index in [0.717, 1.165) is 0 Å². The number of ether oxygens (including phenoxy) is 1. The maximum Gasteiger partial charge on any atom is 0.323 e. The third-order valence-electron chi connectivity index (χ3n) is 3.19. The molecule has 1 amide bonds. The van der Waals surface area contributed by atoms with Crippen LogP contribution >= 0.6 is 0 Å². The number of anilines is 1. The van der Waals surface area contributed by atoms with Crippen molar-refractivity contribution in [2.45, 2.75) is 6.04 Å². The Bertz CT molecular complexity index is 582. The van der Waals surface area contributed by atoms with E-state index in [0.29, 0.717) is 24.4 Å². The molecule has 0 aromatic heterocycles. The summed E-state index contributed by atoms with van der Waals surface area (Å²) in [7, 11) is 0. The highest BCUT2D eigenvalue weighted by atomic mass is 16.5. The third-order valence-corrected chi connectivity index (χ3v) is 3.19. The van der Waals surface area contributed by atoms with Crippen LogP contribution in [0.4, 0.5) is 5.69 Å². The van der Waals surface area contributed by atoms with Gasteiger partial charge in [-0.2, -0.15) is 5.26 Å². The molecule has 0 spiro atoms. The summed E-state index contributed by atoms with van der Waals surface area (Å²) in [5, 5.41) is 20.7. The second-order valence-corrected chi connectivity index (χ2v) is 4.60. The zero-order valence-corrected chi connectivity index (χ0v) is 11.3. The minimum Gasteiger partial charge on any atom is -0.480 e. The molecule has 1 unspecified atom stereocenters. The van der Waals surface area contributed by atoms with Crippen molar-refractivity contribution in [2.75, 3.05) is 31.6 Å². The van der Waals surface area contributed by atoms with Gasteiger partial charge in [0.2, 0.25) is 5.91 Å². The molecule has 1 fully saturated rings. The number of nitriles is 1. The fourth-order valence-electron chi connectivity index (χ4n) is 2.12. The van der Waals surface area contributed by atoms with Crippen LogP contribution in [-0.2, 0) is 14.3 Å². The van der Waals surface area contributed by atoms with Crippen molar-refractivity contribution in [3.8, 4) is 6.07 Å². The van der Waals surface area contributed by atoms with E-state index < -0.39 is 12.0 Å². The van der Waals surface area contributed by atoms with Crippen LogP contribution < -0.4 is 5.32 Å². The number of morpholine rings is 1. The highest BCUT2D eigenvalue weighted by Gasteiger charge is 2.30. The molecule has 2 N–H and O–H groups in total. The topological polar surface area (TPSA) is 103 Å². The largest absolute Gasteiger partial charge is 0.480 e. The molecule has 1 atom stereocenters. The number of para-hydroxylation sites is 1. The predicted molar refractivity (Wildman–Crippen MR) is 73.6 cm³/mol. The van der Waals surface area contributed by atoms with E-state index in [1.165, 1.54) is 0 Å². The standard InChI is InChI=1S/C14H15N3O4/c15-7-10-3-1-2-4-11(10)16-13(18)8-17-5-6-21-9-12(17)14(19)20/h1-4,12H,5-6,8-9H2,(H,16,18)(H,19,20). The molecule has 0 aliphatic carbocycles. The number of carboxylic acid groups (broad SMARTS) is 1. The number of hydrogen-bond acceptors (Lipinski definition) is 5. The van der Waals surface area contributed by atoms with Crippen LogP contribution in [-0.4, -0.2) is 54.2 Å². The summed E-state index contributed by atoms with van der Waals surface area (Å²) in [6, 6.07) is 7.82. The lowest BCUT2D eigenvalue weighted by atomic mass is 10.2. The first kappa shape index (κ1) is 15.0. The molecule has 0 radical (unpaired) electrons. The van der Waals surface area contributed by atoms with E-state index >= 15 is 0 Å². The molecular formula is C14H15N3O4. The molecule has 2 rings (SSSR count). The van der Waals surface area contributed by atoms with Gasteiger partial charge < -0.3 is 15.2 Å². The summed E-state index contributed by atoms with van der Waals surface area (Å²) in [6.45, 7) is 0.785. The Labute approximate surface area is 121 Å². The van der Waals surface area contributed by atoms with E-state index in [9.17, 15) is 9.59 Å². The fourth-order valence-corrected chi connectivity index (χ4v) is 2.12. The Balaban J connectivity index is 2.01. The summed E-state index contributed by atoms with van der Waals surface area (Å²) >= 11 is 0. The highest BCUT2D eigenvalue weighted by molar-refractivity contribution is 5.93. The van der Waals surface area contributed by atoms with Gasteiger partial charge >= 0.3 is 5.97 Å². The zero-order valence-electron chi connectivity index (χ0n) is 11.3. The van der Waals surface area contributed by atoms with Crippen LogP contribution in [0, 0.1) is 11.3 Å². The molecule has 1 aliphatic rings. The third kappa shape index (κ3) is 3.78. The van der Waals surface area contributed by atoms with Crippen LogP contribution in [0.15, 0.2) is 24.3 Å². The normalized spacial score (nSPS) is 18.7. The van der Waals surface area contributed by atoms with Gasteiger partial charge in [0.15, 0.2) is 0 Å². The van der Waals surface area contributed by atoms with Crippen LogP contribution in [0.5, 0.6) is 0 Å². The van der Waals surface area contributed by atoms with E-state index in [-0.39, 0.29) is 19.1 Å². The average molecular weight is 289 g/mol. The Kier molecular flexibility index (Phi) is 4.87. The molecule has 7 nitrogen and oxygen atoms in total. The van der Waals surface area contributed by atoms with Gasteiger partial charge in [-0.05, 0) is 12.1 Å². The van der Waals surface area contributed by atoms with Crippen LogP contribution in [0.3, 0.4) is 0 Å². The number of nitrogens with one attached hydrogen (secondary N) is 1. The molecule has 1 aromatic rings. The first-order chi connectivity index (χ1) is 10.1. The smallest absolute Gasteiger partial charge is 0.323 e. The lowest BCUT2D eigenvalue weighted by Gasteiger charge is -2.32. The lowest BCUT2D eigenvalue weighted by Crippen LogP contribution is -2.52. The van der Waals surface area contributed by atoms with Crippen molar-refractivity contribution in [3.05, 3.63) is 29.8 Å². The Morgan fingerprint density at radius 2 is 2.24 bits per heavy atom. The van der Waals surface area contributed by atoms with E-state index in [2.05, 4.69) is 5.32 Å². The molecular weight excluding hydrogens is 274 g/mol. The van der Waals surface area contributed by atoms with Crippen molar-refractivity contribution in [1.82, 2.24) is 4.90 Å². The number of amides is 1. The SMILES string of the molecule is N#Cc1ccccc1NC(=O)CN1CCOCC1C(=O)O. The second-order valence-electron chi connectivity index (χ2n) is 4.60. The predicted octanol–water partition coefficient (Wildman–Crippen LogP) is 0.282.